The minimum Gasteiger partial charge on any atom is -0.0971 e. The van der Waals surface area contributed by atoms with Crippen molar-refractivity contribution in [2.45, 2.75) is 107 Å². The second-order valence-corrected chi connectivity index (χ2v) is 10.4. The first kappa shape index (κ1) is 15.1. The highest BCUT2D eigenvalue weighted by Crippen LogP contribution is 2.61. The topological polar surface area (TPSA) is 0 Å². The molecule has 0 heterocycles. The molecular weight excluding hydrogens is 259 g/mol. The largest absolute Gasteiger partial charge is 0.0971 e. The zero-order valence-electron chi connectivity index (χ0n) is 13.2. The van der Waals surface area contributed by atoms with Crippen LogP contribution in [0.5, 0.6) is 0 Å². The smallest absolute Gasteiger partial charge is 0.0198 e. The van der Waals surface area contributed by atoms with Gasteiger partial charge in [-0.3, -0.25) is 0 Å². The fourth-order valence-electron chi connectivity index (χ4n) is 4.91. The van der Waals surface area contributed by atoms with Crippen molar-refractivity contribution in [2.24, 2.45) is 0 Å². The van der Waals surface area contributed by atoms with Gasteiger partial charge in [0.05, 0.1) is 0 Å². The van der Waals surface area contributed by atoms with E-state index in [2.05, 4.69) is 12.2 Å². The molecule has 0 radical (unpaired) electrons. The van der Waals surface area contributed by atoms with Crippen molar-refractivity contribution >= 4 is 7.92 Å². The van der Waals surface area contributed by atoms with Gasteiger partial charge in [-0.05, 0) is 68.3 Å². The van der Waals surface area contributed by atoms with E-state index in [1.165, 1.54) is 38.5 Å². The standard InChI is InChI=1S/C19H33P/c1-2-6-12-17(11-5-1)20(18-13-7-3-8-14-18)19-15-9-4-10-16-19/h1-2,17-19H,3-16H2. The minimum absolute atomic E-state index is 0.328. The van der Waals surface area contributed by atoms with E-state index < -0.39 is 0 Å². The molecule has 0 N–H and O–H groups in total. The molecule has 0 atom stereocenters. The van der Waals surface area contributed by atoms with Crippen LogP contribution in [0.1, 0.15) is 89.9 Å². The fraction of sp³-hybridized carbons (Fsp3) is 0.895. The molecule has 0 saturated heterocycles. The van der Waals surface area contributed by atoms with E-state index in [-0.39, 0.29) is 0 Å². The molecule has 0 spiro atoms. The van der Waals surface area contributed by atoms with Crippen LogP contribution in [0.4, 0.5) is 0 Å². The van der Waals surface area contributed by atoms with E-state index in [0.29, 0.717) is 7.92 Å². The lowest BCUT2D eigenvalue weighted by atomic mass is 9.99. The van der Waals surface area contributed by atoms with Gasteiger partial charge in [0.2, 0.25) is 0 Å². The molecule has 3 rings (SSSR count). The van der Waals surface area contributed by atoms with E-state index in [0.717, 1.165) is 17.0 Å². The monoisotopic (exact) mass is 292 g/mol. The van der Waals surface area contributed by atoms with E-state index in [1.807, 2.05) is 0 Å². The molecule has 2 fully saturated rings. The van der Waals surface area contributed by atoms with Crippen LogP contribution in [0.25, 0.3) is 0 Å². The molecule has 0 aromatic rings. The first-order valence-electron chi connectivity index (χ1n) is 9.37. The molecule has 114 valence electrons. The molecule has 0 nitrogen and oxygen atoms in total. The summed E-state index contributed by atoms with van der Waals surface area (Å²) in [5, 5.41) is 0. The maximum absolute atomic E-state index is 2.47. The zero-order chi connectivity index (χ0) is 13.6. The van der Waals surface area contributed by atoms with Gasteiger partial charge in [0.25, 0.3) is 0 Å². The van der Waals surface area contributed by atoms with Crippen molar-refractivity contribution < 1.29 is 0 Å². The zero-order valence-corrected chi connectivity index (χ0v) is 14.1. The summed E-state index contributed by atoms with van der Waals surface area (Å²) in [4.78, 5) is 0. The average Bonchev–Trinajstić information content (AvgIpc) is 2.79. The lowest BCUT2D eigenvalue weighted by Crippen LogP contribution is -2.26. The maximum Gasteiger partial charge on any atom is -0.0198 e. The Morgan fingerprint density at radius 1 is 0.500 bits per heavy atom. The summed E-state index contributed by atoms with van der Waals surface area (Å²) in [6, 6.07) is 0. The van der Waals surface area contributed by atoms with Gasteiger partial charge in [0.1, 0.15) is 0 Å². The van der Waals surface area contributed by atoms with E-state index >= 15 is 0 Å². The van der Waals surface area contributed by atoms with Gasteiger partial charge in [-0.25, -0.2) is 0 Å². The van der Waals surface area contributed by atoms with E-state index in [1.54, 1.807) is 51.4 Å². The molecule has 0 bridgehead atoms. The number of hydrogen-bond donors (Lipinski definition) is 0. The third kappa shape index (κ3) is 3.88. The van der Waals surface area contributed by atoms with Crippen molar-refractivity contribution in [3.05, 3.63) is 12.2 Å². The summed E-state index contributed by atoms with van der Waals surface area (Å²) < 4.78 is 0. The molecule has 0 aromatic carbocycles. The molecule has 2 saturated carbocycles. The molecule has 20 heavy (non-hydrogen) atoms. The first-order chi connectivity index (χ1) is 9.95. The predicted octanol–water partition coefficient (Wildman–Crippen LogP) is 6.63. The van der Waals surface area contributed by atoms with Gasteiger partial charge in [0, 0.05) is 0 Å². The van der Waals surface area contributed by atoms with E-state index in [9.17, 15) is 0 Å². The predicted molar refractivity (Wildman–Crippen MR) is 92.1 cm³/mol. The molecular formula is C19H33P. The van der Waals surface area contributed by atoms with Crippen LogP contribution in [0.3, 0.4) is 0 Å². The highest BCUT2D eigenvalue weighted by Gasteiger charge is 2.35. The maximum atomic E-state index is 2.47. The third-order valence-corrected chi connectivity index (χ3v) is 9.99. The minimum atomic E-state index is 0.328. The van der Waals surface area contributed by atoms with Crippen LogP contribution in [-0.4, -0.2) is 17.0 Å². The van der Waals surface area contributed by atoms with Crippen molar-refractivity contribution in [1.82, 2.24) is 0 Å². The van der Waals surface area contributed by atoms with Gasteiger partial charge in [-0.1, -0.05) is 58.6 Å². The molecule has 0 unspecified atom stereocenters. The summed E-state index contributed by atoms with van der Waals surface area (Å²) in [5.41, 5.74) is 3.43. The summed E-state index contributed by atoms with van der Waals surface area (Å²) in [7, 11) is 0.328. The Balaban J connectivity index is 1.70. The van der Waals surface area contributed by atoms with Gasteiger partial charge in [-0.2, -0.15) is 0 Å². The van der Waals surface area contributed by atoms with Gasteiger partial charge in [-0.15, -0.1) is 0 Å². The second kappa shape index (κ2) is 7.98. The highest BCUT2D eigenvalue weighted by molar-refractivity contribution is 7.59. The second-order valence-electron chi connectivity index (χ2n) is 7.31. The Hall–Kier alpha value is 0.170. The molecule has 3 aliphatic carbocycles. The van der Waals surface area contributed by atoms with Crippen LogP contribution in [0, 0.1) is 0 Å². The Morgan fingerprint density at radius 3 is 1.35 bits per heavy atom. The lowest BCUT2D eigenvalue weighted by molar-refractivity contribution is 0.477. The quantitative estimate of drug-likeness (QED) is 0.404. The van der Waals surface area contributed by atoms with Crippen LogP contribution in [0.2, 0.25) is 0 Å². The molecule has 1 heteroatoms. The summed E-state index contributed by atoms with van der Waals surface area (Å²) in [5.74, 6) is 0. The molecule has 3 aliphatic rings. The van der Waals surface area contributed by atoms with Crippen LogP contribution in [0.15, 0.2) is 12.2 Å². The van der Waals surface area contributed by atoms with Crippen molar-refractivity contribution in [2.75, 3.05) is 0 Å². The van der Waals surface area contributed by atoms with Gasteiger partial charge in [0.15, 0.2) is 0 Å². The van der Waals surface area contributed by atoms with Gasteiger partial charge >= 0.3 is 0 Å². The van der Waals surface area contributed by atoms with E-state index in [4.69, 9.17) is 0 Å². The SMILES string of the molecule is C1=CCCC(P(C2CCCCC2)C2CCCCC2)CC1. The molecule has 0 aromatic heterocycles. The average molecular weight is 292 g/mol. The Bertz CT molecular complexity index is 269. The Kier molecular flexibility index (Phi) is 6.01. The van der Waals surface area contributed by atoms with Crippen molar-refractivity contribution in [3.63, 3.8) is 0 Å². The molecule has 0 aliphatic heterocycles. The lowest BCUT2D eigenvalue weighted by Gasteiger charge is -2.43. The Morgan fingerprint density at radius 2 is 0.900 bits per heavy atom. The van der Waals surface area contributed by atoms with Crippen molar-refractivity contribution in [3.8, 4) is 0 Å². The highest BCUT2D eigenvalue weighted by atomic mass is 31.1. The Labute approximate surface area is 127 Å². The van der Waals surface area contributed by atoms with Crippen LogP contribution >= 0.6 is 7.92 Å². The fourth-order valence-corrected chi connectivity index (χ4v) is 9.51. The van der Waals surface area contributed by atoms with Crippen molar-refractivity contribution in [1.29, 1.82) is 0 Å². The first-order valence-corrected chi connectivity index (χ1v) is 10.9. The number of allylic oxidation sites excluding steroid dienone is 2. The third-order valence-electron chi connectivity index (χ3n) is 5.91. The van der Waals surface area contributed by atoms with Crippen LogP contribution in [-0.2, 0) is 0 Å². The summed E-state index contributed by atoms with van der Waals surface area (Å²) in [6.07, 6.45) is 26.3. The molecule has 0 amide bonds. The summed E-state index contributed by atoms with van der Waals surface area (Å²) in [6.45, 7) is 0. The number of rotatable bonds is 3. The van der Waals surface area contributed by atoms with Gasteiger partial charge < -0.3 is 0 Å². The summed E-state index contributed by atoms with van der Waals surface area (Å²) >= 11 is 0. The normalized spacial score (nSPS) is 27.9. The number of hydrogen-bond acceptors (Lipinski definition) is 0. The van der Waals surface area contributed by atoms with Crippen LogP contribution < -0.4 is 0 Å².